The highest BCUT2D eigenvalue weighted by Gasteiger charge is 2.46. The van der Waals surface area contributed by atoms with Crippen LogP contribution in [0.4, 0.5) is 4.39 Å². The Morgan fingerprint density at radius 3 is 2.80 bits per heavy atom. The van der Waals surface area contributed by atoms with Gasteiger partial charge in [-0.1, -0.05) is 6.92 Å². The van der Waals surface area contributed by atoms with Crippen LogP contribution in [-0.4, -0.2) is 39.2 Å². The molecule has 2 aliphatic heterocycles. The normalized spacial score (nSPS) is 20.8. The van der Waals surface area contributed by atoms with E-state index in [2.05, 4.69) is 5.32 Å². The zero-order valence-corrected chi connectivity index (χ0v) is 23.0. The fourth-order valence-electron chi connectivity index (χ4n) is 6.35. The molecule has 0 saturated carbocycles. The number of cyclic esters (lactones) is 1. The lowest BCUT2D eigenvalue weighted by atomic mass is 9.81. The predicted octanol–water partition coefficient (Wildman–Crippen LogP) is 3.45. The van der Waals surface area contributed by atoms with Crippen molar-refractivity contribution < 1.29 is 28.6 Å². The summed E-state index contributed by atoms with van der Waals surface area (Å²) in [6, 6.07) is 2.68. The first kappa shape index (κ1) is 26.6. The van der Waals surface area contributed by atoms with Crippen molar-refractivity contribution in [2.45, 2.75) is 84.3 Å². The van der Waals surface area contributed by atoms with Gasteiger partial charge in [0.2, 0.25) is 5.91 Å². The molecule has 9 nitrogen and oxygen atoms in total. The van der Waals surface area contributed by atoms with Gasteiger partial charge < -0.3 is 24.5 Å². The van der Waals surface area contributed by atoms with Crippen molar-refractivity contribution in [3.8, 4) is 11.4 Å². The first-order valence-electron chi connectivity index (χ1n) is 13.8. The molecule has 0 fully saturated rings. The molecule has 1 aliphatic carbocycles. The molecular weight excluding hydrogens is 517 g/mol. The lowest BCUT2D eigenvalue weighted by Gasteiger charge is -2.31. The van der Waals surface area contributed by atoms with Gasteiger partial charge in [0.1, 0.15) is 12.4 Å². The quantitative estimate of drug-likeness (QED) is 0.354. The Bertz CT molecular complexity index is 1660. The van der Waals surface area contributed by atoms with E-state index in [1.165, 1.54) is 6.07 Å². The number of benzene rings is 1. The fraction of sp³-hybridized carbons (Fsp3) is 0.467. The summed E-state index contributed by atoms with van der Waals surface area (Å²) in [5.74, 6) is -1.31. The summed E-state index contributed by atoms with van der Waals surface area (Å²) in [6.07, 6.45) is 1.40. The molecule has 210 valence electrons. The number of hydrogen-bond acceptors (Lipinski definition) is 7. The maximum Gasteiger partial charge on any atom is 0.343 e. The first-order valence-corrected chi connectivity index (χ1v) is 13.8. The van der Waals surface area contributed by atoms with Crippen LogP contribution < -0.4 is 10.9 Å². The standard InChI is InChI=1S/C30H32FN3O6/c1-5-30(38)19-10-23-27-17(12-34(23)28(36)18(19)13-40-29(30)37)26-21(32-24(35)8-9-39-14(2)3)7-6-16-15(4)20(31)11-22(33-27)25(16)26/h10-11,14,21,38H,5-9,12-13H2,1-4H3,(H,32,35)/t21-,30-/m0/s1. The van der Waals surface area contributed by atoms with Crippen LogP contribution in [0.15, 0.2) is 16.9 Å². The third-order valence-corrected chi connectivity index (χ3v) is 8.49. The number of ether oxygens (including phenoxy) is 2. The van der Waals surface area contributed by atoms with Gasteiger partial charge in [0.15, 0.2) is 5.60 Å². The molecule has 10 heteroatoms. The number of rotatable bonds is 6. The molecule has 40 heavy (non-hydrogen) atoms. The van der Waals surface area contributed by atoms with Gasteiger partial charge in [-0.25, -0.2) is 14.2 Å². The highest BCUT2D eigenvalue weighted by atomic mass is 19.1. The Labute approximate surface area is 230 Å². The second-order valence-electron chi connectivity index (χ2n) is 11.1. The molecule has 2 aromatic heterocycles. The molecule has 1 amide bonds. The molecule has 1 aromatic carbocycles. The Kier molecular flexibility index (Phi) is 6.30. The smallest absolute Gasteiger partial charge is 0.343 e. The lowest BCUT2D eigenvalue weighted by molar-refractivity contribution is -0.172. The molecule has 3 aliphatic rings. The van der Waals surface area contributed by atoms with Crippen LogP contribution in [0.5, 0.6) is 0 Å². The van der Waals surface area contributed by atoms with Gasteiger partial charge in [0, 0.05) is 29.0 Å². The topological polar surface area (TPSA) is 120 Å². The minimum Gasteiger partial charge on any atom is -0.458 e. The first-order chi connectivity index (χ1) is 19.0. The maximum absolute atomic E-state index is 15.0. The molecule has 4 heterocycles. The monoisotopic (exact) mass is 549 g/mol. The van der Waals surface area contributed by atoms with Crippen molar-refractivity contribution >= 4 is 22.8 Å². The van der Waals surface area contributed by atoms with Gasteiger partial charge in [-0.3, -0.25) is 9.59 Å². The van der Waals surface area contributed by atoms with Crippen molar-refractivity contribution in [3.05, 3.63) is 61.7 Å². The number of carbonyl (C=O) groups excluding carboxylic acids is 2. The Hall–Kier alpha value is -3.63. The van der Waals surface area contributed by atoms with Gasteiger partial charge in [-0.15, -0.1) is 0 Å². The average molecular weight is 550 g/mol. The second kappa shape index (κ2) is 9.49. The van der Waals surface area contributed by atoms with Gasteiger partial charge >= 0.3 is 5.97 Å². The number of nitrogens with one attached hydrogen (secondary N) is 1. The zero-order chi connectivity index (χ0) is 28.5. The number of fused-ring (bicyclic) bond motifs is 5. The molecule has 0 saturated heterocycles. The van der Waals surface area contributed by atoms with E-state index in [-0.39, 0.29) is 66.5 Å². The molecule has 2 N–H and O–H groups in total. The van der Waals surface area contributed by atoms with Crippen LogP contribution in [0.2, 0.25) is 0 Å². The number of hydrogen-bond donors (Lipinski definition) is 2. The van der Waals surface area contributed by atoms with E-state index in [1.54, 1.807) is 24.5 Å². The third kappa shape index (κ3) is 3.88. The number of carbonyl (C=O) groups is 2. The Morgan fingerprint density at radius 2 is 2.08 bits per heavy atom. The van der Waals surface area contributed by atoms with Gasteiger partial charge in [-0.2, -0.15) is 0 Å². The van der Waals surface area contributed by atoms with Crippen molar-refractivity contribution in [1.29, 1.82) is 0 Å². The summed E-state index contributed by atoms with van der Waals surface area (Å²) in [5.41, 5.74) is 2.53. The van der Waals surface area contributed by atoms with Gasteiger partial charge in [0.25, 0.3) is 5.56 Å². The molecule has 0 spiro atoms. The van der Waals surface area contributed by atoms with Crippen molar-refractivity contribution in [2.75, 3.05) is 6.61 Å². The van der Waals surface area contributed by atoms with E-state index in [9.17, 15) is 19.5 Å². The van der Waals surface area contributed by atoms with Crippen molar-refractivity contribution in [3.63, 3.8) is 0 Å². The van der Waals surface area contributed by atoms with Gasteiger partial charge in [-0.05, 0) is 62.8 Å². The lowest BCUT2D eigenvalue weighted by Crippen LogP contribution is -2.44. The number of aryl methyl sites for hydroxylation is 1. The number of esters is 1. The van der Waals surface area contributed by atoms with Gasteiger partial charge in [0.05, 0.1) is 47.8 Å². The summed E-state index contributed by atoms with van der Waals surface area (Å²) >= 11 is 0. The van der Waals surface area contributed by atoms with Crippen LogP contribution in [0, 0.1) is 12.7 Å². The summed E-state index contributed by atoms with van der Waals surface area (Å²) in [4.78, 5) is 44.0. The second-order valence-corrected chi connectivity index (χ2v) is 11.1. The average Bonchev–Trinajstić information content (AvgIpc) is 3.28. The van der Waals surface area contributed by atoms with Crippen molar-refractivity contribution in [1.82, 2.24) is 14.9 Å². The number of halogens is 1. The molecule has 2 atom stereocenters. The maximum atomic E-state index is 15.0. The summed E-state index contributed by atoms with van der Waals surface area (Å²) in [5, 5.41) is 15.1. The number of pyridine rings is 2. The van der Waals surface area contributed by atoms with Crippen molar-refractivity contribution in [2.24, 2.45) is 0 Å². The molecule has 0 radical (unpaired) electrons. The fourth-order valence-corrected chi connectivity index (χ4v) is 6.35. The highest BCUT2D eigenvalue weighted by Crippen LogP contribution is 2.45. The molecular formula is C30H32FN3O6. The molecule has 0 bridgehead atoms. The highest BCUT2D eigenvalue weighted by molar-refractivity contribution is 5.94. The Morgan fingerprint density at radius 1 is 1.30 bits per heavy atom. The SMILES string of the molecule is CC[C@@]1(O)C(=O)OCc2c1cc1n(c2=O)Cc2c-1nc1cc(F)c(C)c3c1c2[C@@H](NC(=O)CCOC(C)C)CC3. The predicted molar refractivity (Wildman–Crippen MR) is 144 cm³/mol. The third-order valence-electron chi connectivity index (χ3n) is 8.49. The van der Waals surface area contributed by atoms with E-state index in [1.807, 2.05) is 13.8 Å². The van der Waals surface area contributed by atoms with Crippen LogP contribution >= 0.6 is 0 Å². The van der Waals surface area contributed by atoms with E-state index in [0.717, 1.165) is 22.1 Å². The number of amides is 1. The number of nitrogens with zero attached hydrogens (tertiary/aromatic N) is 2. The summed E-state index contributed by atoms with van der Waals surface area (Å²) in [6.45, 7) is 7.50. The Balaban J connectivity index is 1.53. The molecule has 3 aromatic rings. The minimum absolute atomic E-state index is 0.0176. The molecule has 0 unspecified atom stereocenters. The van der Waals surface area contributed by atoms with Crippen LogP contribution in [0.1, 0.15) is 79.5 Å². The van der Waals surface area contributed by atoms with Crippen LogP contribution in [0.3, 0.4) is 0 Å². The van der Waals surface area contributed by atoms with E-state index >= 15 is 4.39 Å². The van der Waals surface area contributed by atoms with E-state index in [0.29, 0.717) is 41.9 Å². The summed E-state index contributed by atoms with van der Waals surface area (Å²) < 4.78 is 27.3. The largest absolute Gasteiger partial charge is 0.458 e. The number of aliphatic hydroxyl groups is 1. The minimum atomic E-state index is -1.94. The van der Waals surface area contributed by atoms with E-state index in [4.69, 9.17) is 14.5 Å². The van der Waals surface area contributed by atoms with Crippen LogP contribution in [-0.2, 0) is 44.2 Å². The molecule has 6 rings (SSSR count). The zero-order valence-electron chi connectivity index (χ0n) is 23.0. The van der Waals surface area contributed by atoms with E-state index < -0.39 is 11.6 Å². The van der Waals surface area contributed by atoms with Crippen LogP contribution in [0.25, 0.3) is 22.3 Å². The summed E-state index contributed by atoms with van der Waals surface area (Å²) in [7, 11) is 0. The number of aromatic nitrogens is 2.